The fraction of sp³-hybridized carbons (Fsp3) is 0.462. The number of anilines is 2. The number of nitrogens with one attached hydrogen (secondary N) is 1. The van der Waals surface area contributed by atoms with Gasteiger partial charge in [0.2, 0.25) is 5.91 Å². The van der Waals surface area contributed by atoms with Crippen molar-refractivity contribution in [2.75, 3.05) is 23.8 Å². The van der Waals surface area contributed by atoms with E-state index in [-0.39, 0.29) is 11.8 Å². The summed E-state index contributed by atoms with van der Waals surface area (Å²) in [6.45, 7) is 3.02. The minimum atomic E-state index is 0.164. The molecule has 2 rings (SSSR count). The summed E-state index contributed by atoms with van der Waals surface area (Å²) in [5.74, 6) is 0.414. The largest absolute Gasteiger partial charge is 0.373 e. The molecule has 0 saturated heterocycles. The van der Waals surface area contributed by atoms with E-state index in [4.69, 9.17) is 0 Å². The Morgan fingerprint density at radius 2 is 2.12 bits per heavy atom. The molecule has 1 aliphatic carbocycles. The van der Waals surface area contributed by atoms with Crippen LogP contribution in [0, 0.1) is 5.92 Å². The molecular formula is C13H18N2O. The fourth-order valence-electron chi connectivity index (χ4n) is 1.66. The van der Waals surface area contributed by atoms with Crippen molar-refractivity contribution in [1.29, 1.82) is 0 Å². The molecule has 0 bridgehead atoms. The molecule has 3 nitrogen and oxygen atoms in total. The van der Waals surface area contributed by atoms with Crippen molar-refractivity contribution in [3.8, 4) is 0 Å². The van der Waals surface area contributed by atoms with Crippen LogP contribution in [0.4, 0.5) is 11.4 Å². The lowest BCUT2D eigenvalue weighted by Crippen LogP contribution is -2.20. The van der Waals surface area contributed by atoms with Crippen LogP contribution in [0.15, 0.2) is 24.3 Å². The Bertz CT molecular complexity index is 385. The lowest BCUT2D eigenvalue weighted by Gasteiger charge is -2.20. The lowest BCUT2D eigenvalue weighted by atomic mass is 10.2. The van der Waals surface area contributed by atoms with Crippen molar-refractivity contribution in [2.45, 2.75) is 19.8 Å². The first-order chi connectivity index (χ1) is 7.72. The smallest absolute Gasteiger partial charge is 0.227 e. The SMILES string of the molecule is CCN(C)c1ccccc1NC(=O)C1CC1. The number of hydrogen-bond donors (Lipinski definition) is 1. The van der Waals surface area contributed by atoms with Crippen LogP contribution in [0.2, 0.25) is 0 Å². The number of hydrogen-bond acceptors (Lipinski definition) is 2. The monoisotopic (exact) mass is 218 g/mol. The van der Waals surface area contributed by atoms with Gasteiger partial charge in [-0.05, 0) is 31.9 Å². The molecule has 1 aliphatic rings. The molecule has 0 heterocycles. The van der Waals surface area contributed by atoms with Crippen LogP contribution < -0.4 is 10.2 Å². The van der Waals surface area contributed by atoms with E-state index in [1.54, 1.807) is 0 Å². The van der Waals surface area contributed by atoms with Crippen molar-refractivity contribution < 1.29 is 4.79 Å². The first kappa shape index (κ1) is 11.0. The molecule has 1 fully saturated rings. The summed E-state index contributed by atoms with van der Waals surface area (Å²) in [6.07, 6.45) is 2.08. The number of carbonyl (C=O) groups is 1. The number of carbonyl (C=O) groups excluding carboxylic acids is 1. The second-order valence-electron chi connectivity index (χ2n) is 4.29. The van der Waals surface area contributed by atoms with Gasteiger partial charge in [0.25, 0.3) is 0 Å². The average Bonchev–Trinajstić information content (AvgIpc) is 3.12. The number of benzene rings is 1. The summed E-state index contributed by atoms with van der Waals surface area (Å²) in [5, 5.41) is 3.01. The first-order valence-electron chi connectivity index (χ1n) is 5.83. The summed E-state index contributed by atoms with van der Waals surface area (Å²) in [5.41, 5.74) is 2.00. The molecule has 0 spiro atoms. The normalized spacial score (nSPS) is 14.6. The van der Waals surface area contributed by atoms with E-state index in [1.165, 1.54) is 0 Å². The predicted octanol–water partition coefficient (Wildman–Crippen LogP) is 2.49. The highest BCUT2D eigenvalue weighted by Gasteiger charge is 2.29. The maximum atomic E-state index is 11.7. The Morgan fingerprint density at radius 3 is 2.75 bits per heavy atom. The van der Waals surface area contributed by atoms with E-state index in [9.17, 15) is 4.79 Å². The van der Waals surface area contributed by atoms with Crippen molar-refractivity contribution in [3.63, 3.8) is 0 Å². The highest BCUT2D eigenvalue weighted by atomic mass is 16.2. The molecule has 0 aliphatic heterocycles. The van der Waals surface area contributed by atoms with Crippen molar-refractivity contribution in [2.24, 2.45) is 5.92 Å². The fourth-order valence-corrected chi connectivity index (χ4v) is 1.66. The molecule has 86 valence electrons. The first-order valence-corrected chi connectivity index (χ1v) is 5.83. The summed E-state index contributed by atoms with van der Waals surface area (Å²) >= 11 is 0. The molecule has 0 unspecified atom stereocenters. The van der Waals surface area contributed by atoms with Crippen LogP contribution in [0.5, 0.6) is 0 Å². The number of amides is 1. The molecule has 0 aromatic heterocycles. The van der Waals surface area contributed by atoms with E-state index in [2.05, 4.69) is 17.1 Å². The van der Waals surface area contributed by atoms with E-state index in [1.807, 2.05) is 31.3 Å². The Kier molecular flexibility index (Phi) is 3.13. The van der Waals surface area contributed by atoms with Gasteiger partial charge in [-0.25, -0.2) is 0 Å². The maximum absolute atomic E-state index is 11.7. The van der Waals surface area contributed by atoms with Gasteiger partial charge < -0.3 is 10.2 Å². The van der Waals surface area contributed by atoms with Crippen LogP contribution in [0.1, 0.15) is 19.8 Å². The molecule has 0 radical (unpaired) electrons. The second-order valence-corrected chi connectivity index (χ2v) is 4.29. The third-order valence-corrected chi connectivity index (χ3v) is 3.00. The molecule has 1 aromatic rings. The number of nitrogens with zero attached hydrogens (tertiary/aromatic N) is 1. The average molecular weight is 218 g/mol. The third-order valence-electron chi connectivity index (χ3n) is 3.00. The van der Waals surface area contributed by atoms with Crippen LogP contribution in [-0.4, -0.2) is 19.5 Å². The van der Waals surface area contributed by atoms with Crippen molar-refractivity contribution in [3.05, 3.63) is 24.3 Å². The van der Waals surface area contributed by atoms with Crippen molar-refractivity contribution in [1.82, 2.24) is 0 Å². The summed E-state index contributed by atoms with van der Waals surface area (Å²) in [4.78, 5) is 13.8. The lowest BCUT2D eigenvalue weighted by molar-refractivity contribution is -0.117. The summed E-state index contributed by atoms with van der Waals surface area (Å²) in [6, 6.07) is 7.94. The zero-order chi connectivity index (χ0) is 11.5. The highest BCUT2D eigenvalue weighted by Crippen LogP contribution is 2.32. The molecule has 1 aromatic carbocycles. The topological polar surface area (TPSA) is 32.3 Å². The van der Waals surface area contributed by atoms with E-state index >= 15 is 0 Å². The number of rotatable bonds is 4. The zero-order valence-corrected chi connectivity index (χ0v) is 9.86. The quantitative estimate of drug-likeness (QED) is 0.842. The van der Waals surface area contributed by atoms with E-state index in [0.717, 1.165) is 30.8 Å². The maximum Gasteiger partial charge on any atom is 0.227 e. The molecule has 1 amide bonds. The standard InChI is InChI=1S/C13H18N2O/c1-3-15(2)12-7-5-4-6-11(12)14-13(16)10-8-9-10/h4-7,10H,3,8-9H2,1-2H3,(H,14,16). The van der Waals surface area contributed by atoms with Gasteiger partial charge in [-0.3, -0.25) is 4.79 Å². The highest BCUT2D eigenvalue weighted by molar-refractivity contribution is 5.97. The Labute approximate surface area is 96.5 Å². The van der Waals surface area contributed by atoms with E-state index in [0.29, 0.717) is 0 Å². The molecular weight excluding hydrogens is 200 g/mol. The Hall–Kier alpha value is -1.51. The molecule has 1 saturated carbocycles. The van der Waals surface area contributed by atoms with Crippen LogP contribution >= 0.6 is 0 Å². The minimum absolute atomic E-state index is 0.164. The molecule has 16 heavy (non-hydrogen) atoms. The van der Waals surface area contributed by atoms with Gasteiger partial charge in [-0.15, -0.1) is 0 Å². The number of para-hydroxylation sites is 2. The Balaban J connectivity index is 2.15. The van der Waals surface area contributed by atoms with Crippen molar-refractivity contribution >= 4 is 17.3 Å². The minimum Gasteiger partial charge on any atom is -0.373 e. The Morgan fingerprint density at radius 1 is 1.44 bits per heavy atom. The third kappa shape index (κ3) is 2.35. The van der Waals surface area contributed by atoms with Gasteiger partial charge in [-0.2, -0.15) is 0 Å². The summed E-state index contributed by atoms with van der Waals surface area (Å²) in [7, 11) is 2.03. The van der Waals surface area contributed by atoms with Gasteiger partial charge in [0.15, 0.2) is 0 Å². The van der Waals surface area contributed by atoms with Gasteiger partial charge in [0, 0.05) is 19.5 Å². The predicted molar refractivity (Wildman–Crippen MR) is 66.7 cm³/mol. The van der Waals surface area contributed by atoms with Gasteiger partial charge in [-0.1, -0.05) is 12.1 Å². The van der Waals surface area contributed by atoms with E-state index < -0.39 is 0 Å². The van der Waals surface area contributed by atoms with Gasteiger partial charge in [0.05, 0.1) is 11.4 Å². The molecule has 3 heteroatoms. The second kappa shape index (κ2) is 4.56. The van der Waals surface area contributed by atoms with Crippen LogP contribution in [0.3, 0.4) is 0 Å². The van der Waals surface area contributed by atoms with Gasteiger partial charge >= 0.3 is 0 Å². The zero-order valence-electron chi connectivity index (χ0n) is 9.86. The van der Waals surface area contributed by atoms with Gasteiger partial charge in [0.1, 0.15) is 0 Å². The summed E-state index contributed by atoms with van der Waals surface area (Å²) < 4.78 is 0. The van der Waals surface area contributed by atoms with Crippen LogP contribution in [0.25, 0.3) is 0 Å². The molecule has 0 atom stereocenters. The molecule has 1 N–H and O–H groups in total. The van der Waals surface area contributed by atoms with Crippen LogP contribution in [-0.2, 0) is 4.79 Å².